The molecule has 4 nitrogen and oxygen atoms in total. The van der Waals surface area contributed by atoms with Crippen molar-refractivity contribution in [2.24, 2.45) is 5.41 Å². The molecule has 0 bridgehead atoms. The molecule has 1 unspecified atom stereocenters. The van der Waals surface area contributed by atoms with Crippen molar-refractivity contribution in [2.45, 2.75) is 66.3 Å². The first-order valence-corrected chi connectivity index (χ1v) is 16.6. The molecule has 0 fully saturated rings. The average molecular weight is 634 g/mol. The van der Waals surface area contributed by atoms with Gasteiger partial charge in [-0.25, -0.2) is 4.98 Å². The topological polar surface area (TPSA) is 33.8 Å². The molecule has 1 atom stereocenters. The number of aromatic nitrogens is 3. The van der Waals surface area contributed by atoms with Crippen molar-refractivity contribution < 1.29 is 21.8 Å². The maximum atomic E-state index is 9.28. The Kier molecular flexibility index (Phi) is 4.95. The van der Waals surface area contributed by atoms with Gasteiger partial charge >= 0.3 is 5.66 Å². The first kappa shape index (κ1) is 23.3. The van der Waals surface area contributed by atoms with Crippen molar-refractivity contribution in [1.82, 2.24) is 4.98 Å². The van der Waals surface area contributed by atoms with E-state index >= 15 is 0 Å². The van der Waals surface area contributed by atoms with Crippen molar-refractivity contribution >= 4 is 22.1 Å². The Morgan fingerprint density at radius 1 is 0.750 bits per heavy atom. The first-order chi connectivity index (χ1) is 25.4. The predicted octanol–water partition coefficient (Wildman–Crippen LogP) is 9.11. The van der Waals surface area contributed by atoms with Crippen LogP contribution in [0.5, 0.6) is 0 Å². The normalized spacial score (nSPS) is 18.8. The quantitative estimate of drug-likeness (QED) is 0.181. The highest BCUT2D eigenvalue weighted by atomic mass is 16.3. The number of hydrogen-bond donors (Lipinski definition) is 0. The van der Waals surface area contributed by atoms with E-state index in [1.54, 1.807) is 42.5 Å². The zero-order chi connectivity index (χ0) is 38.3. The van der Waals surface area contributed by atoms with Gasteiger partial charge in [0, 0.05) is 48.5 Å². The lowest BCUT2D eigenvalue weighted by molar-refractivity contribution is -0.955. The van der Waals surface area contributed by atoms with E-state index in [2.05, 4.69) is 71.4 Å². The summed E-state index contributed by atoms with van der Waals surface area (Å²) in [4.78, 5) is 4.69. The molecule has 0 aliphatic carbocycles. The molecule has 4 aromatic heterocycles. The molecule has 9 rings (SSSR count). The van der Waals surface area contributed by atoms with Gasteiger partial charge in [0.05, 0.1) is 5.56 Å². The van der Waals surface area contributed by atoms with Crippen LogP contribution in [0.2, 0.25) is 0 Å². The minimum atomic E-state index is -2.48. The molecule has 0 amide bonds. The van der Waals surface area contributed by atoms with Gasteiger partial charge in [0.1, 0.15) is 16.7 Å². The minimum Gasteiger partial charge on any atom is -0.437 e. The molecule has 0 radical (unpaired) electrons. The molecule has 4 heteroatoms. The van der Waals surface area contributed by atoms with Crippen molar-refractivity contribution in [3.63, 3.8) is 0 Å². The molecular weight excluding hydrogens is 587 g/mol. The van der Waals surface area contributed by atoms with E-state index in [1.165, 1.54) is 5.56 Å². The van der Waals surface area contributed by atoms with E-state index < -0.39 is 30.2 Å². The Bertz CT molecular complexity index is 2730. The summed E-state index contributed by atoms with van der Waals surface area (Å²) in [5, 5.41) is 1.47. The molecule has 2 aliphatic rings. The summed E-state index contributed by atoms with van der Waals surface area (Å²) in [6.45, 7) is 12.1. The highest BCUT2D eigenvalue weighted by Crippen LogP contribution is 2.50. The second-order valence-corrected chi connectivity index (χ2v) is 14.3. The monoisotopic (exact) mass is 633 g/mol. The van der Waals surface area contributed by atoms with E-state index in [0.29, 0.717) is 16.5 Å². The summed E-state index contributed by atoms with van der Waals surface area (Å²) in [5.41, 5.74) is 9.27. The summed E-state index contributed by atoms with van der Waals surface area (Å²) in [6.07, 6.45) is -2.29. The van der Waals surface area contributed by atoms with Gasteiger partial charge in [0.15, 0.2) is 18.0 Å². The summed E-state index contributed by atoms with van der Waals surface area (Å²) in [7, 11) is 0. The molecule has 1 spiro atoms. The number of aryl methyl sites for hydroxylation is 5. The van der Waals surface area contributed by atoms with Crippen LogP contribution in [0.3, 0.4) is 0 Å². The van der Waals surface area contributed by atoms with Crippen LogP contribution in [-0.4, -0.2) is 4.98 Å². The Balaban J connectivity index is 1.36. The lowest BCUT2D eigenvalue weighted by Crippen LogP contribution is -2.71. The van der Waals surface area contributed by atoms with Crippen molar-refractivity contribution in [1.29, 1.82) is 0 Å². The third-order valence-electron chi connectivity index (χ3n) is 9.80. The fourth-order valence-electron chi connectivity index (χ4n) is 7.66. The van der Waals surface area contributed by atoms with Gasteiger partial charge in [-0.2, -0.15) is 0 Å². The summed E-state index contributed by atoms with van der Waals surface area (Å²) >= 11 is 0. The minimum absolute atomic E-state index is 0.0676. The molecule has 6 heterocycles. The van der Waals surface area contributed by atoms with Crippen molar-refractivity contribution in [3.05, 3.63) is 148 Å². The number of rotatable bonds is 4. The number of benzene rings is 3. The van der Waals surface area contributed by atoms with Gasteiger partial charge in [-0.15, -0.1) is 9.13 Å². The number of fused-ring (bicyclic) bond motifs is 14. The van der Waals surface area contributed by atoms with Crippen LogP contribution >= 0.6 is 0 Å². The molecule has 48 heavy (non-hydrogen) atoms. The van der Waals surface area contributed by atoms with Gasteiger partial charge < -0.3 is 4.42 Å². The van der Waals surface area contributed by atoms with E-state index in [1.807, 2.05) is 45.2 Å². The average Bonchev–Trinajstić information content (AvgIpc) is 3.74. The fourth-order valence-corrected chi connectivity index (χ4v) is 7.66. The van der Waals surface area contributed by atoms with Gasteiger partial charge in [-0.05, 0) is 98.4 Å². The van der Waals surface area contributed by atoms with Gasteiger partial charge in [-0.3, -0.25) is 0 Å². The number of nitrogens with zero attached hydrogens (tertiary/aromatic N) is 3. The molecule has 7 aromatic rings. The Morgan fingerprint density at radius 3 is 2.38 bits per heavy atom. The second-order valence-electron chi connectivity index (χ2n) is 14.3. The first-order valence-electron chi connectivity index (χ1n) is 19.6. The van der Waals surface area contributed by atoms with Gasteiger partial charge in [-0.1, -0.05) is 62.7 Å². The number of furan rings is 1. The van der Waals surface area contributed by atoms with E-state index in [9.17, 15) is 2.74 Å². The lowest BCUT2D eigenvalue weighted by Gasteiger charge is -2.19. The van der Waals surface area contributed by atoms with E-state index in [-0.39, 0.29) is 17.0 Å². The molecular formula is C44H41N3O+2. The molecule has 3 aromatic carbocycles. The van der Waals surface area contributed by atoms with Crippen LogP contribution in [0.25, 0.3) is 44.6 Å². The molecule has 236 valence electrons. The zero-order valence-corrected chi connectivity index (χ0v) is 28.1. The summed E-state index contributed by atoms with van der Waals surface area (Å²) in [6, 6.07) is 28.6. The fraction of sp³-hybridized carbons (Fsp3) is 0.250. The zero-order valence-electron chi connectivity index (χ0n) is 34.1. The SMILES string of the molecule is [2H]C([2H])(c1cc[n+]2c(c1)-c1c(ccc3c1oc1nc(C([2H])([2H])C([2H])([2H])c4ccccc4)ccc13)C21c2cc(C)ccc2-c2cc(C)c(C)c[n+]21)C(C)(C)C. The lowest BCUT2D eigenvalue weighted by atomic mass is 9.87. The third-order valence-corrected chi connectivity index (χ3v) is 9.80. The highest BCUT2D eigenvalue weighted by molar-refractivity contribution is 6.09. The molecule has 0 saturated heterocycles. The van der Waals surface area contributed by atoms with Gasteiger partial charge in [0.2, 0.25) is 17.1 Å². The van der Waals surface area contributed by atoms with E-state index in [0.717, 1.165) is 50.2 Å². The predicted molar refractivity (Wildman–Crippen MR) is 192 cm³/mol. The van der Waals surface area contributed by atoms with Crippen LogP contribution < -0.4 is 9.13 Å². The second kappa shape index (κ2) is 10.2. The van der Waals surface area contributed by atoms with E-state index in [4.69, 9.17) is 9.90 Å². The highest BCUT2D eigenvalue weighted by Gasteiger charge is 2.67. The molecule has 2 aliphatic heterocycles. The van der Waals surface area contributed by atoms with Crippen molar-refractivity contribution in [2.75, 3.05) is 0 Å². The number of pyridine rings is 3. The van der Waals surface area contributed by atoms with Crippen LogP contribution in [-0.2, 0) is 24.8 Å². The van der Waals surface area contributed by atoms with Crippen LogP contribution in [0.1, 0.15) is 73.6 Å². The van der Waals surface area contributed by atoms with Gasteiger partial charge in [0.25, 0.3) is 0 Å². The van der Waals surface area contributed by atoms with Crippen LogP contribution in [0, 0.1) is 26.2 Å². The van der Waals surface area contributed by atoms with Crippen LogP contribution in [0.15, 0.2) is 108 Å². The smallest absolute Gasteiger partial charge is 0.417 e. The van der Waals surface area contributed by atoms with Crippen molar-refractivity contribution in [3.8, 4) is 22.5 Å². The maximum absolute atomic E-state index is 9.28. The Labute approximate surface area is 290 Å². The third kappa shape index (κ3) is 4.18. The summed E-state index contributed by atoms with van der Waals surface area (Å²) < 4.78 is 65.6. The summed E-state index contributed by atoms with van der Waals surface area (Å²) in [5.74, 6) is 0. The maximum Gasteiger partial charge on any atom is 0.417 e. The standard InChI is InChI=1S/C44H41N3O/c1-27-12-16-35-37(22-27)44(47-26-29(3)28(2)23-38(35)47)36-19-18-33-34-17-15-32(14-13-30-10-8-7-9-11-30)45-42(34)48-41(33)40(36)39-24-31(20-21-46(39)44)25-43(4,5)6/h7-12,15-24,26H,13-14,25H2,1-6H3/q+2/i13D2,14D2,25D2. The number of hydrogen-bond acceptors (Lipinski definition) is 2. The Morgan fingerprint density at radius 2 is 1.56 bits per heavy atom. The van der Waals surface area contributed by atoms with Crippen LogP contribution in [0.4, 0.5) is 0 Å². The molecule has 0 N–H and O–H groups in total. The largest absolute Gasteiger partial charge is 0.437 e. The Hall–Kier alpha value is -5.09. The molecule has 0 saturated carbocycles.